The molecule has 0 spiro atoms. The van der Waals surface area contributed by atoms with Gasteiger partial charge in [0.1, 0.15) is 0 Å². The number of nitrogens with zero attached hydrogens (tertiary/aromatic N) is 1. The zero-order chi connectivity index (χ0) is 16.1. The molecule has 0 aliphatic carbocycles. The van der Waals surface area contributed by atoms with Gasteiger partial charge in [0.25, 0.3) is 0 Å². The van der Waals surface area contributed by atoms with Crippen molar-refractivity contribution in [3.63, 3.8) is 0 Å². The molecule has 0 atom stereocenters. The molecule has 118 valence electrons. The van der Waals surface area contributed by atoms with Crippen molar-refractivity contribution < 1.29 is 9.21 Å². The number of furan rings is 1. The number of rotatable bonds is 6. The van der Waals surface area contributed by atoms with Crippen LogP contribution >= 0.6 is 11.3 Å². The fourth-order valence-electron chi connectivity index (χ4n) is 2.35. The van der Waals surface area contributed by atoms with Gasteiger partial charge < -0.3 is 9.73 Å². The maximum atomic E-state index is 12.0. The van der Waals surface area contributed by atoms with Gasteiger partial charge >= 0.3 is 0 Å². The van der Waals surface area contributed by atoms with E-state index >= 15 is 0 Å². The maximum Gasteiger partial charge on any atom is 0.220 e. The number of aryl methyl sites for hydroxylation is 2. The van der Waals surface area contributed by atoms with Gasteiger partial charge in [-0.3, -0.25) is 9.78 Å². The Balaban J connectivity index is 1.53. The van der Waals surface area contributed by atoms with Crippen molar-refractivity contribution in [3.05, 3.63) is 64.5 Å². The predicted molar refractivity (Wildman–Crippen MR) is 91.2 cm³/mol. The quantitative estimate of drug-likeness (QED) is 0.746. The highest BCUT2D eigenvalue weighted by atomic mass is 32.1. The van der Waals surface area contributed by atoms with Gasteiger partial charge in [0.2, 0.25) is 5.91 Å². The van der Waals surface area contributed by atoms with Gasteiger partial charge in [-0.15, -0.1) is 11.3 Å². The molecule has 0 saturated heterocycles. The molecular weight excluding hydrogens is 308 g/mol. The minimum absolute atomic E-state index is 0.0616. The molecule has 4 nitrogen and oxygen atoms in total. The minimum atomic E-state index is 0.0616. The average molecular weight is 326 g/mol. The second kappa shape index (κ2) is 7.24. The Bertz CT molecular complexity index is 778. The summed E-state index contributed by atoms with van der Waals surface area (Å²) in [6.45, 7) is 2.57. The van der Waals surface area contributed by atoms with Gasteiger partial charge in [-0.05, 0) is 48.1 Å². The third kappa shape index (κ3) is 4.07. The second-order valence-corrected chi connectivity index (χ2v) is 6.40. The van der Waals surface area contributed by atoms with E-state index < -0.39 is 0 Å². The maximum absolute atomic E-state index is 12.0. The molecule has 0 saturated carbocycles. The Hall–Kier alpha value is -2.40. The molecule has 3 rings (SSSR count). The Morgan fingerprint density at radius 2 is 2.22 bits per heavy atom. The third-order valence-corrected chi connectivity index (χ3v) is 4.77. The van der Waals surface area contributed by atoms with E-state index in [-0.39, 0.29) is 5.91 Å². The lowest BCUT2D eigenvalue weighted by Gasteiger charge is -2.06. The van der Waals surface area contributed by atoms with E-state index in [9.17, 15) is 4.79 Å². The summed E-state index contributed by atoms with van der Waals surface area (Å²) in [5.41, 5.74) is 4.21. The summed E-state index contributed by atoms with van der Waals surface area (Å²) < 4.78 is 5.09. The number of carbonyl (C=O) groups is 1. The molecule has 0 radical (unpaired) electrons. The highest BCUT2D eigenvalue weighted by Crippen LogP contribution is 2.20. The summed E-state index contributed by atoms with van der Waals surface area (Å²) in [5, 5.41) is 5.02. The van der Waals surface area contributed by atoms with Gasteiger partial charge in [-0.2, -0.15) is 0 Å². The molecule has 3 aromatic rings. The van der Waals surface area contributed by atoms with Gasteiger partial charge in [-0.1, -0.05) is 0 Å². The van der Waals surface area contributed by atoms with Crippen LogP contribution in [0.3, 0.4) is 0 Å². The molecule has 0 aliphatic rings. The number of pyridine rings is 1. The average Bonchev–Trinajstić information content (AvgIpc) is 3.23. The van der Waals surface area contributed by atoms with Crippen LogP contribution in [-0.4, -0.2) is 10.9 Å². The molecule has 3 heterocycles. The molecule has 0 aromatic carbocycles. The van der Waals surface area contributed by atoms with Crippen LogP contribution in [0.5, 0.6) is 0 Å². The summed E-state index contributed by atoms with van der Waals surface area (Å²) in [6, 6.07) is 6.00. The van der Waals surface area contributed by atoms with Crippen LogP contribution in [0.25, 0.3) is 11.1 Å². The zero-order valence-electron chi connectivity index (χ0n) is 12.9. The first kappa shape index (κ1) is 15.5. The summed E-state index contributed by atoms with van der Waals surface area (Å²) in [4.78, 5) is 17.5. The highest BCUT2D eigenvalue weighted by Gasteiger charge is 2.06. The molecule has 0 bridgehead atoms. The van der Waals surface area contributed by atoms with Crippen LogP contribution in [0.2, 0.25) is 0 Å². The Morgan fingerprint density at radius 1 is 1.30 bits per heavy atom. The van der Waals surface area contributed by atoms with Gasteiger partial charge in [0, 0.05) is 41.4 Å². The smallest absolute Gasteiger partial charge is 0.220 e. The molecular formula is C18H18N2O2S. The summed E-state index contributed by atoms with van der Waals surface area (Å²) >= 11 is 1.71. The van der Waals surface area contributed by atoms with Crippen LogP contribution in [0.1, 0.15) is 22.4 Å². The van der Waals surface area contributed by atoms with E-state index in [1.165, 1.54) is 10.4 Å². The number of amides is 1. The highest BCUT2D eigenvalue weighted by molar-refractivity contribution is 7.10. The number of carbonyl (C=O) groups excluding carboxylic acids is 1. The second-order valence-electron chi connectivity index (χ2n) is 5.40. The number of nitrogens with one attached hydrogen (secondary N) is 1. The van der Waals surface area contributed by atoms with Crippen molar-refractivity contribution >= 4 is 17.2 Å². The molecule has 1 amide bonds. The van der Waals surface area contributed by atoms with E-state index in [2.05, 4.69) is 28.7 Å². The lowest BCUT2D eigenvalue weighted by molar-refractivity contribution is -0.121. The predicted octanol–water partition coefficient (Wildman–Crippen LogP) is 3.96. The lowest BCUT2D eigenvalue weighted by atomic mass is 10.1. The normalized spacial score (nSPS) is 10.7. The van der Waals surface area contributed by atoms with Crippen LogP contribution in [0, 0.1) is 6.92 Å². The van der Waals surface area contributed by atoms with Crippen molar-refractivity contribution in [3.8, 4) is 11.1 Å². The van der Waals surface area contributed by atoms with Crippen LogP contribution in [0.15, 0.2) is 52.9 Å². The molecule has 1 N–H and O–H groups in total. The van der Waals surface area contributed by atoms with Crippen LogP contribution < -0.4 is 5.32 Å². The zero-order valence-corrected chi connectivity index (χ0v) is 13.7. The Kier molecular flexibility index (Phi) is 4.88. The first-order valence-electron chi connectivity index (χ1n) is 7.48. The van der Waals surface area contributed by atoms with Crippen molar-refractivity contribution in [2.24, 2.45) is 0 Å². The van der Waals surface area contributed by atoms with E-state index in [1.54, 1.807) is 36.3 Å². The van der Waals surface area contributed by atoms with Crippen molar-refractivity contribution in [2.75, 3.05) is 0 Å². The van der Waals surface area contributed by atoms with E-state index in [4.69, 9.17) is 4.42 Å². The number of hydrogen-bond donors (Lipinski definition) is 1. The summed E-state index contributed by atoms with van der Waals surface area (Å²) in [7, 11) is 0. The third-order valence-electron chi connectivity index (χ3n) is 3.69. The Labute approximate surface area is 139 Å². The van der Waals surface area contributed by atoms with Crippen LogP contribution in [-0.2, 0) is 17.8 Å². The molecule has 23 heavy (non-hydrogen) atoms. The first-order valence-corrected chi connectivity index (χ1v) is 8.36. The van der Waals surface area contributed by atoms with E-state index in [0.29, 0.717) is 13.0 Å². The summed E-state index contributed by atoms with van der Waals surface area (Å²) in [6.07, 6.45) is 8.18. The number of aromatic nitrogens is 1. The largest absolute Gasteiger partial charge is 0.472 e. The monoisotopic (exact) mass is 326 g/mol. The standard InChI is InChI=1S/C18H18N2O2S/c1-13-5-7-23-17(13)2-3-18(21)20-10-14-8-16(11-19-9-14)15-4-6-22-12-15/h4-9,11-12H,2-3,10H2,1H3,(H,20,21). The number of hydrogen-bond acceptors (Lipinski definition) is 4. The van der Waals surface area contributed by atoms with Crippen molar-refractivity contribution in [2.45, 2.75) is 26.3 Å². The lowest BCUT2D eigenvalue weighted by Crippen LogP contribution is -2.23. The molecule has 5 heteroatoms. The fourth-order valence-corrected chi connectivity index (χ4v) is 3.26. The molecule has 0 unspecified atom stereocenters. The SMILES string of the molecule is Cc1ccsc1CCC(=O)NCc1cncc(-c2ccoc2)c1. The summed E-state index contributed by atoms with van der Waals surface area (Å²) in [5.74, 6) is 0.0616. The van der Waals surface area contributed by atoms with Gasteiger partial charge in [0.15, 0.2) is 0 Å². The van der Waals surface area contributed by atoms with E-state index in [0.717, 1.165) is 23.1 Å². The molecule has 0 aliphatic heterocycles. The number of thiophene rings is 1. The Morgan fingerprint density at radius 3 is 2.96 bits per heavy atom. The van der Waals surface area contributed by atoms with Gasteiger partial charge in [-0.25, -0.2) is 0 Å². The first-order chi connectivity index (χ1) is 11.2. The molecule has 3 aromatic heterocycles. The van der Waals surface area contributed by atoms with Gasteiger partial charge in [0.05, 0.1) is 12.5 Å². The fraction of sp³-hybridized carbons (Fsp3) is 0.222. The molecule has 0 fully saturated rings. The van der Waals surface area contributed by atoms with Crippen molar-refractivity contribution in [1.82, 2.24) is 10.3 Å². The van der Waals surface area contributed by atoms with Crippen LogP contribution in [0.4, 0.5) is 0 Å². The minimum Gasteiger partial charge on any atom is -0.472 e. The van der Waals surface area contributed by atoms with Crippen molar-refractivity contribution in [1.29, 1.82) is 0 Å². The van der Waals surface area contributed by atoms with E-state index in [1.807, 2.05) is 12.1 Å². The topological polar surface area (TPSA) is 55.1 Å².